The summed E-state index contributed by atoms with van der Waals surface area (Å²) in [7, 11) is -3.34. The van der Waals surface area contributed by atoms with Crippen molar-refractivity contribution in [2.24, 2.45) is 0 Å². The minimum atomic E-state index is -4.43. The standard InChI is InChI=1S/C11H13O7P/c1-18-11(14)8(6-19(15,16)17)4-7-2-3-9(12)10(13)5-7/h2-5,12-13H,6H2,1H3,(H2,15,16,17)/b8-4+. The summed E-state index contributed by atoms with van der Waals surface area (Å²) < 4.78 is 15.4. The molecule has 0 spiro atoms. The van der Waals surface area contributed by atoms with Crippen molar-refractivity contribution in [2.75, 3.05) is 13.3 Å². The number of phenols is 2. The molecule has 0 amide bonds. The van der Waals surface area contributed by atoms with Gasteiger partial charge >= 0.3 is 13.6 Å². The van der Waals surface area contributed by atoms with E-state index in [0.717, 1.165) is 13.2 Å². The van der Waals surface area contributed by atoms with Crippen LogP contribution in [0.3, 0.4) is 0 Å². The number of hydrogen-bond acceptors (Lipinski definition) is 5. The highest BCUT2D eigenvalue weighted by Gasteiger charge is 2.21. The van der Waals surface area contributed by atoms with Crippen LogP contribution in [0.1, 0.15) is 5.56 Å². The average Bonchev–Trinajstić information content (AvgIpc) is 2.30. The smallest absolute Gasteiger partial charge is 0.334 e. The summed E-state index contributed by atoms with van der Waals surface area (Å²) in [6.45, 7) is 0. The lowest BCUT2D eigenvalue weighted by molar-refractivity contribution is -0.135. The van der Waals surface area contributed by atoms with Crippen molar-refractivity contribution in [1.82, 2.24) is 0 Å². The predicted molar refractivity (Wildman–Crippen MR) is 66.7 cm³/mol. The van der Waals surface area contributed by atoms with E-state index in [-0.39, 0.29) is 11.3 Å². The third kappa shape index (κ3) is 4.75. The van der Waals surface area contributed by atoms with Gasteiger partial charge in [-0.2, -0.15) is 0 Å². The van der Waals surface area contributed by atoms with Crippen molar-refractivity contribution in [3.8, 4) is 11.5 Å². The van der Waals surface area contributed by atoms with E-state index in [0.29, 0.717) is 5.56 Å². The van der Waals surface area contributed by atoms with Crippen molar-refractivity contribution >= 4 is 19.6 Å². The summed E-state index contributed by atoms with van der Waals surface area (Å²) in [4.78, 5) is 29.2. The molecule has 1 aromatic carbocycles. The topological polar surface area (TPSA) is 124 Å². The zero-order valence-electron chi connectivity index (χ0n) is 9.98. The van der Waals surface area contributed by atoms with Gasteiger partial charge in [0.1, 0.15) is 0 Å². The maximum absolute atomic E-state index is 11.4. The Morgan fingerprint density at radius 3 is 2.42 bits per heavy atom. The fourth-order valence-corrected chi connectivity index (χ4v) is 2.02. The van der Waals surface area contributed by atoms with Crippen LogP contribution in [-0.4, -0.2) is 39.2 Å². The molecule has 0 heterocycles. The first-order chi connectivity index (χ1) is 8.73. The Morgan fingerprint density at radius 1 is 1.32 bits per heavy atom. The number of carbonyl (C=O) groups excluding carboxylic acids is 1. The molecule has 0 unspecified atom stereocenters. The Morgan fingerprint density at radius 2 is 1.95 bits per heavy atom. The number of aromatic hydroxyl groups is 2. The molecule has 0 radical (unpaired) electrons. The van der Waals surface area contributed by atoms with E-state index in [2.05, 4.69) is 4.74 Å². The van der Waals surface area contributed by atoms with Gasteiger partial charge in [-0.1, -0.05) is 6.07 Å². The molecular formula is C11H13O7P. The number of phenolic OH excluding ortho intramolecular Hbond substituents is 2. The van der Waals surface area contributed by atoms with Gasteiger partial charge in [0, 0.05) is 5.57 Å². The van der Waals surface area contributed by atoms with Crippen LogP contribution in [-0.2, 0) is 14.1 Å². The SMILES string of the molecule is COC(=O)/C(=C/c1ccc(O)c(O)c1)CP(=O)(O)O. The summed E-state index contributed by atoms with van der Waals surface area (Å²) in [6.07, 6.45) is 0.394. The van der Waals surface area contributed by atoms with Gasteiger partial charge < -0.3 is 24.7 Å². The zero-order chi connectivity index (χ0) is 14.6. The van der Waals surface area contributed by atoms with Crippen LogP contribution in [0.4, 0.5) is 0 Å². The molecule has 0 aliphatic carbocycles. The second-order valence-electron chi connectivity index (χ2n) is 3.73. The van der Waals surface area contributed by atoms with Crippen molar-refractivity contribution in [2.45, 2.75) is 0 Å². The normalized spacial score (nSPS) is 12.3. The van der Waals surface area contributed by atoms with Crippen molar-refractivity contribution < 1.29 is 34.1 Å². The third-order valence-corrected chi connectivity index (χ3v) is 2.92. The third-order valence-electron chi connectivity index (χ3n) is 2.16. The molecule has 7 nitrogen and oxygen atoms in total. The number of esters is 1. The number of methoxy groups -OCH3 is 1. The summed E-state index contributed by atoms with van der Waals surface area (Å²) in [5.74, 6) is -1.63. The van der Waals surface area contributed by atoms with E-state index >= 15 is 0 Å². The largest absolute Gasteiger partial charge is 0.504 e. The summed E-state index contributed by atoms with van der Waals surface area (Å²) in [5.41, 5.74) is 0.0603. The fourth-order valence-electron chi connectivity index (χ4n) is 1.35. The van der Waals surface area contributed by atoms with Gasteiger partial charge in [0.05, 0.1) is 13.3 Å². The average molecular weight is 288 g/mol. The van der Waals surface area contributed by atoms with Crippen LogP contribution in [0, 0.1) is 0 Å². The van der Waals surface area contributed by atoms with Gasteiger partial charge in [0.2, 0.25) is 0 Å². The first-order valence-corrected chi connectivity index (χ1v) is 6.88. The Balaban J connectivity index is 3.15. The maximum Gasteiger partial charge on any atom is 0.334 e. The van der Waals surface area contributed by atoms with Crippen LogP contribution in [0.5, 0.6) is 11.5 Å². The molecule has 1 aromatic rings. The first-order valence-electron chi connectivity index (χ1n) is 5.08. The maximum atomic E-state index is 11.4. The summed E-state index contributed by atoms with van der Waals surface area (Å²) >= 11 is 0. The zero-order valence-corrected chi connectivity index (χ0v) is 10.9. The van der Waals surface area contributed by atoms with Crippen LogP contribution in [0.2, 0.25) is 0 Å². The van der Waals surface area contributed by atoms with E-state index in [1.54, 1.807) is 0 Å². The van der Waals surface area contributed by atoms with E-state index < -0.39 is 25.5 Å². The van der Waals surface area contributed by atoms with Crippen molar-refractivity contribution in [3.63, 3.8) is 0 Å². The van der Waals surface area contributed by atoms with E-state index in [1.165, 1.54) is 18.2 Å². The molecule has 0 fully saturated rings. The Bertz CT molecular complexity index is 558. The molecule has 8 heteroatoms. The van der Waals surface area contributed by atoms with Gasteiger partial charge in [-0.05, 0) is 23.8 Å². The summed E-state index contributed by atoms with van der Waals surface area (Å²) in [6, 6.07) is 3.71. The van der Waals surface area contributed by atoms with Crippen LogP contribution < -0.4 is 0 Å². The van der Waals surface area contributed by atoms with Gasteiger partial charge in [0.15, 0.2) is 11.5 Å². The Kier molecular flexibility index (Phi) is 4.72. The monoisotopic (exact) mass is 288 g/mol. The quantitative estimate of drug-likeness (QED) is 0.280. The number of carbonyl (C=O) groups is 1. The molecule has 104 valence electrons. The first kappa shape index (κ1) is 15.2. The highest BCUT2D eigenvalue weighted by molar-refractivity contribution is 7.52. The fraction of sp³-hybridized carbons (Fsp3) is 0.182. The van der Waals surface area contributed by atoms with Crippen molar-refractivity contribution in [1.29, 1.82) is 0 Å². The molecule has 0 saturated carbocycles. The minimum Gasteiger partial charge on any atom is -0.504 e. The molecule has 1 rings (SSSR count). The minimum absolute atomic E-state index is 0.235. The van der Waals surface area contributed by atoms with Crippen LogP contribution in [0.15, 0.2) is 23.8 Å². The molecule has 0 aliphatic heterocycles. The Labute approximate surface area is 108 Å². The van der Waals surface area contributed by atoms with Crippen molar-refractivity contribution in [3.05, 3.63) is 29.3 Å². The highest BCUT2D eigenvalue weighted by atomic mass is 31.2. The molecule has 0 aliphatic rings. The number of ether oxygens (including phenoxy) is 1. The predicted octanol–water partition coefficient (Wildman–Crippen LogP) is 0.832. The lowest BCUT2D eigenvalue weighted by Crippen LogP contribution is -2.08. The van der Waals surface area contributed by atoms with Gasteiger partial charge in [-0.15, -0.1) is 0 Å². The number of rotatable bonds is 4. The van der Waals surface area contributed by atoms with Gasteiger partial charge in [0.25, 0.3) is 0 Å². The van der Waals surface area contributed by atoms with E-state index in [1.807, 2.05) is 0 Å². The molecular weight excluding hydrogens is 275 g/mol. The Hall–Kier alpha value is -1.82. The highest BCUT2D eigenvalue weighted by Crippen LogP contribution is 2.37. The van der Waals surface area contributed by atoms with Gasteiger partial charge in [-0.25, -0.2) is 4.79 Å². The van der Waals surface area contributed by atoms with E-state index in [9.17, 15) is 14.5 Å². The van der Waals surface area contributed by atoms with Gasteiger partial charge in [-0.3, -0.25) is 4.57 Å². The lowest BCUT2D eigenvalue weighted by atomic mass is 10.1. The molecule has 0 bridgehead atoms. The molecule has 0 saturated heterocycles. The number of hydrogen-bond donors (Lipinski definition) is 4. The van der Waals surface area contributed by atoms with Crippen LogP contribution in [0.25, 0.3) is 6.08 Å². The van der Waals surface area contributed by atoms with Crippen LogP contribution >= 0.6 is 7.60 Å². The lowest BCUT2D eigenvalue weighted by Gasteiger charge is -2.07. The summed E-state index contributed by atoms with van der Waals surface area (Å²) in [5, 5.41) is 18.4. The molecule has 0 aromatic heterocycles. The number of benzene rings is 1. The second-order valence-corrected chi connectivity index (χ2v) is 5.38. The van der Waals surface area contributed by atoms with E-state index in [4.69, 9.17) is 14.9 Å². The molecule has 0 atom stereocenters. The second kappa shape index (κ2) is 5.88. The molecule has 4 N–H and O–H groups in total. The molecule has 19 heavy (non-hydrogen) atoms.